The maximum Gasteiger partial charge on any atom is 0.137 e. The number of furan rings is 1. The molecule has 10 aromatic rings. The third-order valence-electron chi connectivity index (χ3n) is 12.1. The van der Waals surface area contributed by atoms with Crippen molar-refractivity contribution in [2.45, 2.75) is 59.1 Å². The van der Waals surface area contributed by atoms with E-state index in [0.717, 1.165) is 27.6 Å². The maximum atomic E-state index is 6.55. The minimum Gasteiger partial charge on any atom is -0.456 e. The van der Waals surface area contributed by atoms with Crippen molar-refractivity contribution in [3.8, 4) is 0 Å². The number of fused-ring (bicyclic) bond motifs is 7. The summed E-state index contributed by atoms with van der Waals surface area (Å²) in [6, 6.07) is 54.1. The van der Waals surface area contributed by atoms with Gasteiger partial charge < -0.3 is 14.2 Å². The largest absolute Gasteiger partial charge is 0.456 e. The Morgan fingerprint density at radius 2 is 0.860 bits per heavy atom. The molecule has 1 aromatic heterocycles. The van der Waals surface area contributed by atoms with Crippen molar-refractivity contribution in [1.29, 1.82) is 0 Å². The van der Waals surface area contributed by atoms with Gasteiger partial charge in [-0.1, -0.05) is 130 Å². The van der Waals surface area contributed by atoms with Crippen LogP contribution < -0.4 is 9.80 Å². The highest BCUT2D eigenvalue weighted by Gasteiger charge is 2.32. The van der Waals surface area contributed by atoms with Crippen LogP contribution in [-0.2, 0) is 0 Å². The monoisotopic (exact) mass is 770 g/mol. The normalized spacial score (nSPS) is 13.7. The number of para-hydroxylation sites is 4. The average Bonchev–Trinajstić information content (AvgIpc) is 3.60. The SMILES string of the molecule is CC(C)c1cc2ccc(N3c4ccccc4Sc4cc5c(cc43)oc3ccccc35)c3c(C(C)C)cc4ccc(N5c6ccccc6Sc6ccccc65)c1c4c23. The first-order valence-corrected chi connectivity index (χ1v) is 21.5. The minimum atomic E-state index is 0.298. The van der Waals surface area contributed by atoms with Crippen molar-refractivity contribution in [1.82, 2.24) is 0 Å². The summed E-state index contributed by atoms with van der Waals surface area (Å²) in [4.78, 5) is 10.1. The second kappa shape index (κ2) is 12.3. The summed E-state index contributed by atoms with van der Waals surface area (Å²) in [6.07, 6.45) is 0. The van der Waals surface area contributed by atoms with Crippen LogP contribution in [0.4, 0.5) is 34.1 Å². The van der Waals surface area contributed by atoms with Gasteiger partial charge in [0, 0.05) is 47.2 Å². The van der Waals surface area contributed by atoms with E-state index in [1.54, 1.807) is 0 Å². The molecule has 0 unspecified atom stereocenters. The standard InChI is InChI=1S/C52H38N2OS2/c1-29(2)34-25-32-22-24-41(54-39-16-8-12-20-47(39)57-48-27-36-33-13-5-9-17-43(33)55-44(36)28-42(48)54)52-35(30(3)4)26-31-21-23-40(51(34)49(31)50(32)52)53-37-14-6-10-18-45(37)56-46-19-11-7-15-38(46)53/h5-30H,1-4H3. The van der Waals surface area contributed by atoms with Crippen LogP contribution in [0.3, 0.4) is 0 Å². The smallest absolute Gasteiger partial charge is 0.137 e. The summed E-state index contributed by atoms with van der Waals surface area (Å²) < 4.78 is 6.55. The van der Waals surface area contributed by atoms with Crippen LogP contribution in [0.1, 0.15) is 50.7 Å². The molecule has 12 rings (SSSR count). The van der Waals surface area contributed by atoms with Gasteiger partial charge in [-0.2, -0.15) is 0 Å². The molecular formula is C52H38N2OS2. The highest BCUT2D eigenvalue weighted by molar-refractivity contribution is 8.00. The van der Waals surface area contributed by atoms with Gasteiger partial charge in [-0.15, -0.1) is 0 Å². The number of hydrogen-bond donors (Lipinski definition) is 0. The van der Waals surface area contributed by atoms with E-state index >= 15 is 0 Å². The van der Waals surface area contributed by atoms with Crippen LogP contribution in [0.15, 0.2) is 170 Å². The molecule has 0 fully saturated rings. The first-order valence-electron chi connectivity index (χ1n) is 19.9. The Morgan fingerprint density at radius 3 is 1.40 bits per heavy atom. The van der Waals surface area contributed by atoms with Crippen LogP contribution in [0, 0.1) is 0 Å². The van der Waals surface area contributed by atoms with E-state index in [1.165, 1.54) is 91.5 Å². The predicted octanol–water partition coefficient (Wildman–Crippen LogP) is 16.6. The number of nitrogens with zero attached hydrogens (tertiary/aromatic N) is 2. The Kier molecular flexibility index (Phi) is 7.19. The van der Waals surface area contributed by atoms with E-state index in [2.05, 4.69) is 183 Å². The van der Waals surface area contributed by atoms with Gasteiger partial charge >= 0.3 is 0 Å². The number of hydrogen-bond acceptors (Lipinski definition) is 5. The van der Waals surface area contributed by atoms with Gasteiger partial charge in [-0.25, -0.2) is 0 Å². The molecule has 0 saturated heterocycles. The third-order valence-corrected chi connectivity index (χ3v) is 14.3. The molecule has 2 aliphatic rings. The lowest BCUT2D eigenvalue weighted by Gasteiger charge is -2.36. The van der Waals surface area contributed by atoms with Crippen molar-refractivity contribution in [3.05, 3.63) is 157 Å². The first-order chi connectivity index (χ1) is 27.9. The fourth-order valence-corrected chi connectivity index (χ4v) is 11.7. The number of anilines is 6. The van der Waals surface area contributed by atoms with E-state index in [9.17, 15) is 0 Å². The summed E-state index contributed by atoms with van der Waals surface area (Å²) in [6.45, 7) is 9.39. The molecule has 3 nitrogen and oxygen atoms in total. The molecule has 0 atom stereocenters. The second-order valence-corrected chi connectivity index (χ2v) is 18.2. The Morgan fingerprint density at radius 1 is 0.386 bits per heavy atom. The number of benzene rings is 9. The minimum absolute atomic E-state index is 0.298. The second-order valence-electron chi connectivity index (χ2n) is 16.0. The fraction of sp³-hybridized carbons (Fsp3) is 0.115. The van der Waals surface area contributed by atoms with E-state index < -0.39 is 0 Å². The van der Waals surface area contributed by atoms with Crippen molar-refractivity contribution in [2.75, 3.05) is 9.80 Å². The molecule has 0 radical (unpaired) electrons. The molecule has 0 saturated carbocycles. The Labute approximate surface area is 340 Å². The van der Waals surface area contributed by atoms with Crippen LogP contribution in [0.5, 0.6) is 0 Å². The highest BCUT2D eigenvalue weighted by atomic mass is 32.2. The molecule has 57 heavy (non-hydrogen) atoms. The molecule has 9 aromatic carbocycles. The lowest BCUT2D eigenvalue weighted by atomic mass is 9.82. The van der Waals surface area contributed by atoms with Gasteiger partial charge in [0.05, 0.1) is 34.1 Å². The summed E-state index contributed by atoms with van der Waals surface area (Å²) >= 11 is 3.72. The van der Waals surface area contributed by atoms with E-state index in [0.29, 0.717) is 11.8 Å². The first kappa shape index (κ1) is 33.3. The summed E-state index contributed by atoms with van der Waals surface area (Å²) in [5.74, 6) is 0.613. The van der Waals surface area contributed by atoms with Gasteiger partial charge in [0.15, 0.2) is 0 Å². The Bertz CT molecular complexity index is 3240. The van der Waals surface area contributed by atoms with E-state index in [1.807, 2.05) is 23.5 Å². The quantitative estimate of drug-likeness (QED) is 0.166. The molecule has 0 amide bonds. The average molecular weight is 771 g/mol. The molecule has 0 N–H and O–H groups in total. The Balaban J connectivity index is 1.20. The molecule has 0 spiro atoms. The summed E-state index contributed by atoms with van der Waals surface area (Å²) in [5, 5.41) is 10.2. The molecule has 274 valence electrons. The van der Waals surface area contributed by atoms with E-state index in [-0.39, 0.29) is 0 Å². The number of rotatable bonds is 4. The summed E-state index contributed by atoms with van der Waals surface area (Å²) in [7, 11) is 0. The molecular weight excluding hydrogens is 733 g/mol. The zero-order chi connectivity index (χ0) is 38.1. The van der Waals surface area contributed by atoms with Crippen LogP contribution >= 0.6 is 23.5 Å². The highest BCUT2D eigenvalue weighted by Crippen LogP contribution is 2.58. The summed E-state index contributed by atoms with van der Waals surface area (Å²) in [5.41, 5.74) is 11.8. The predicted molar refractivity (Wildman–Crippen MR) is 243 cm³/mol. The van der Waals surface area contributed by atoms with Crippen molar-refractivity contribution >= 4 is 112 Å². The van der Waals surface area contributed by atoms with Crippen LogP contribution in [0.2, 0.25) is 0 Å². The molecule has 5 heteroatoms. The molecule has 2 aliphatic heterocycles. The van der Waals surface area contributed by atoms with Crippen molar-refractivity contribution in [3.63, 3.8) is 0 Å². The van der Waals surface area contributed by atoms with Crippen molar-refractivity contribution in [2.24, 2.45) is 0 Å². The zero-order valence-electron chi connectivity index (χ0n) is 32.1. The Hall–Kier alpha value is -5.88. The molecule has 0 bridgehead atoms. The van der Waals surface area contributed by atoms with Gasteiger partial charge in [0.1, 0.15) is 11.2 Å². The lowest BCUT2D eigenvalue weighted by molar-refractivity contribution is 0.668. The van der Waals surface area contributed by atoms with Gasteiger partial charge in [-0.05, 0) is 105 Å². The molecule has 3 heterocycles. The van der Waals surface area contributed by atoms with Gasteiger partial charge in [0.25, 0.3) is 0 Å². The third kappa shape index (κ3) is 4.76. The lowest BCUT2D eigenvalue weighted by Crippen LogP contribution is -2.17. The van der Waals surface area contributed by atoms with Gasteiger partial charge in [0.2, 0.25) is 0 Å². The molecule has 0 aliphatic carbocycles. The van der Waals surface area contributed by atoms with E-state index in [4.69, 9.17) is 4.42 Å². The topological polar surface area (TPSA) is 19.6 Å². The van der Waals surface area contributed by atoms with Crippen LogP contribution in [0.25, 0.3) is 54.3 Å². The zero-order valence-corrected chi connectivity index (χ0v) is 33.8. The van der Waals surface area contributed by atoms with Crippen molar-refractivity contribution < 1.29 is 4.42 Å². The van der Waals surface area contributed by atoms with Crippen LogP contribution in [-0.4, -0.2) is 0 Å². The maximum absolute atomic E-state index is 6.55. The fourth-order valence-electron chi connectivity index (χ4n) is 9.54. The van der Waals surface area contributed by atoms with Gasteiger partial charge in [-0.3, -0.25) is 0 Å².